The monoisotopic (exact) mass is 331 g/mol. The number of aryl methyl sites for hydroxylation is 1. The number of H-pyrrole nitrogens is 1. The van der Waals surface area contributed by atoms with Crippen LogP contribution in [0.15, 0.2) is 54.6 Å². The molecule has 0 fully saturated rings. The highest BCUT2D eigenvalue weighted by molar-refractivity contribution is 6.00. The Hall–Kier alpha value is -2.88. The van der Waals surface area contributed by atoms with Crippen LogP contribution in [0.3, 0.4) is 0 Å². The topological polar surface area (TPSA) is 57.8 Å². The molecule has 2 N–H and O–H groups in total. The van der Waals surface area contributed by atoms with Gasteiger partial charge in [-0.15, -0.1) is 0 Å². The van der Waals surface area contributed by atoms with Gasteiger partial charge in [0, 0.05) is 28.9 Å². The second kappa shape index (κ2) is 6.93. The van der Waals surface area contributed by atoms with Gasteiger partial charge in [0.15, 0.2) is 0 Å². The predicted molar refractivity (Wildman–Crippen MR) is 98.3 cm³/mol. The molecule has 1 aliphatic carbocycles. The largest absolute Gasteiger partial charge is 0.348 e. The number of carbonyl (C=O) groups excluding carboxylic acids is 1. The molecule has 4 rings (SSSR count). The fraction of sp³-hybridized carbons (Fsp3) is 0.238. The number of aromatic amines is 1. The zero-order valence-corrected chi connectivity index (χ0v) is 14.1. The van der Waals surface area contributed by atoms with E-state index in [1.807, 2.05) is 54.6 Å². The number of carbonyl (C=O) groups is 1. The Bertz CT molecular complexity index is 883. The van der Waals surface area contributed by atoms with E-state index in [2.05, 4.69) is 15.5 Å². The van der Waals surface area contributed by atoms with Crippen LogP contribution in [-0.2, 0) is 19.4 Å². The van der Waals surface area contributed by atoms with Crippen molar-refractivity contribution in [3.05, 3.63) is 77.0 Å². The summed E-state index contributed by atoms with van der Waals surface area (Å²) in [4.78, 5) is 12.8. The highest BCUT2D eigenvalue weighted by atomic mass is 16.1. The van der Waals surface area contributed by atoms with E-state index in [0.717, 1.165) is 29.7 Å². The zero-order valence-electron chi connectivity index (χ0n) is 14.1. The van der Waals surface area contributed by atoms with E-state index in [1.54, 1.807) is 0 Å². The van der Waals surface area contributed by atoms with E-state index >= 15 is 0 Å². The van der Waals surface area contributed by atoms with Crippen molar-refractivity contribution in [2.75, 3.05) is 0 Å². The second-order valence-electron chi connectivity index (χ2n) is 6.45. The molecule has 2 aromatic carbocycles. The van der Waals surface area contributed by atoms with Gasteiger partial charge in [0.2, 0.25) is 0 Å². The third-order valence-electron chi connectivity index (χ3n) is 4.78. The van der Waals surface area contributed by atoms with E-state index < -0.39 is 0 Å². The lowest BCUT2D eigenvalue weighted by Gasteiger charge is -2.13. The molecule has 0 saturated carbocycles. The van der Waals surface area contributed by atoms with Gasteiger partial charge in [0.25, 0.3) is 5.91 Å². The second-order valence-corrected chi connectivity index (χ2v) is 6.45. The summed E-state index contributed by atoms with van der Waals surface area (Å²) in [6.45, 7) is 0.521. The number of amides is 1. The first-order valence-electron chi connectivity index (χ1n) is 8.80. The van der Waals surface area contributed by atoms with Crippen molar-refractivity contribution < 1.29 is 4.79 Å². The molecule has 0 radical (unpaired) electrons. The van der Waals surface area contributed by atoms with Crippen LogP contribution in [-0.4, -0.2) is 16.1 Å². The highest BCUT2D eigenvalue weighted by Gasteiger charge is 2.21. The van der Waals surface area contributed by atoms with Crippen LogP contribution in [0.2, 0.25) is 0 Å². The molecule has 4 nitrogen and oxygen atoms in total. The smallest absolute Gasteiger partial charge is 0.252 e. The van der Waals surface area contributed by atoms with Gasteiger partial charge in [-0.1, -0.05) is 48.5 Å². The molecule has 3 aromatic rings. The molecule has 25 heavy (non-hydrogen) atoms. The molecule has 1 aliphatic rings. The minimum absolute atomic E-state index is 0.0630. The normalized spacial score (nSPS) is 13.3. The lowest BCUT2D eigenvalue weighted by Crippen LogP contribution is -2.23. The number of nitrogens with one attached hydrogen (secondary N) is 2. The van der Waals surface area contributed by atoms with E-state index in [0.29, 0.717) is 12.1 Å². The maximum atomic E-state index is 12.8. The molecule has 0 unspecified atom stereocenters. The zero-order chi connectivity index (χ0) is 17.1. The van der Waals surface area contributed by atoms with Gasteiger partial charge in [-0.3, -0.25) is 9.89 Å². The molecule has 4 heteroatoms. The Kier molecular flexibility index (Phi) is 4.34. The van der Waals surface area contributed by atoms with E-state index in [1.165, 1.54) is 24.1 Å². The van der Waals surface area contributed by atoms with Crippen molar-refractivity contribution in [1.82, 2.24) is 15.5 Å². The first-order chi connectivity index (χ1) is 12.3. The van der Waals surface area contributed by atoms with Crippen LogP contribution < -0.4 is 5.32 Å². The van der Waals surface area contributed by atoms with Crippen molar-refractivity contribution in [3.8, 4) is 11.3 Å². The van der Waals surface area contributed by atoms with Crippen molar-refractivity contribution in [3.63, 3.8) is 0 Å². The summed E-state index contributed by atoms with van der Waals surface area (Å²) in [7, 11) is 0. The Labute approximate surface area is 147 Å². The van der Waals surface area contributed by atoms with Crippen LogP contribution in [0.1, 0.15) is 40.0 Å². The van der Waals surface area contributed by atoms with Gasteiger partial charge < -0.3 is 5.32 Å². The summed E-state index contributed by atoms with van der Waals surface area (Å²) in [5, 5.41) is 10.7. The van der Waals surface area contributed by atoms with E-state index in [9.17, 15) is 4.79 Å². The quantitative estimate of drug-likeness (QED) is 0.762. The minimum Gasteiger partial charge on any atom is -0.348 e. The Morgan fingerprint density at radius 2 is 1.76 bits per heavy atom. The Morgan fingerprint density at radius 1 is 1.00 bits per heavy atom. The number of benzene rings is 2. The average molecular weight is 331 g/mol. The number of nitrogens with zero attached hydrogens (tertiary/aromatic N) is 1. The van der Waals surface area contributed by atoms with Crippen molar-refractivity contribution >= 4 is 5.91 Å². The fourth-order valence-corrected chi connectivity index (χ4v) is 3.46. The molecule has 0 saturated heterocycles. The predicted octanol–water partition coefficient (Wildman–Crippen LogP) is 3.89. The van der Waals surface area contributed by atoms with Crippen LogP contribution in [0.25, 0.3) is 11.3 Å². The maximum absolute atomic E-state index is 12.8. The molecule has 0 aliphatic heterocycles. The van der Waals surface area contributed by atoms with Gasteiger partial charge in [0.1, 0.15) is 0 Å². The standard InChI is InChI=1S/C21H21N3O/c25-21(22-14-15-8-2-1-3-9-15)17-11-5-4-10-16(17)20-18-12-6-7-13-19(18)23-24-20/h1-5,8-11H,6-7,12-14H2,(H,22,25)(H,23,24). The first-order valence-corrected chi connectivity index (χ1v) is 8.80. The van der Waals surface area contributed by atoms with Crippen LogP contribution in [0.4, 0.5) is 0 Å². The minimum atomic E-state index is -0.0630. The molecule has 1 heterocycles. The number of fused-ring (bicyclic) bond motifs is 1. The van der Waals surface area contributed by atoms with Gasteiger partial charge in [-0.25, -0.2) is 0 Å². The third kappa shape index (κ3) is 3.20. The molecule has 0 bridgehead atoms. The van der Waals surface area contributed by atoms with Crippen molar-refractivity contribution in [2.24, 2.45) is 0 Å². The maximum Gasteiger partial charge on any atom is 0.252 e. The number of hydrogen-bond acceptors (Lipinski definition) is 2. The number of aromatic nitrogens is 2. The molecular formula is C21H21N3O. The Balaban J connectivity index is 1.61. The van der Waals surface area contributed by atoms with E-state index in [4.69, 9.17) is 0 Å². The number of hydrogen-bond donors (Lipinski definition) is 2. The highest BCUT2D eigenvalue weighted by Crippen LogP contribution is 2.31. The van der Waals surface area contributed by atoms with Gasteiger partial charge in [-0.2, -0.15) is 5.10 Å². The summed E-state index contributed by atoms with van der Waals surface area (Å²) in [6, 6.07) is 17.7. The van der Waals surface area contributed by atoms with Gasteiger partial charge in [-0.05, 0) is 37.3 Å². The summed E-state index contributed by atoms with van der Waals surface area (Å²) < 4.78 is 0. The summed E-state index contributed by atoms with van der Waals surface area (Å²) in [6.07, 6.45) is 4.46. The Morgan fingerprint density at radius 3 is 2.64 bits per heavy atom. The van der Waals surface area contributed by atoms with Crippen LogP contribution in [0, 0.1) is 0 Å². The van der Waals surface area contributed by atoms with Crippen LogP contribution >= 0.6 is 0 Å². The fourth-order valence-electron chi connectivity index (χ4n) is 3.46. The van der Waals surface area contributed by atoms with Crippen molar-refractivity contribution in [1.29, 1.82) is 0 Å². The molecule has 1 aromatic heterocycles. The van der Waals surface area contributed by atoms with Crippen molar-refractivity contribution in [2.45, 2.75) is 32.2 Å². The molecule has 1 amide bonds. The summed E-state index contributed by atoms with van der Waals surface area (Å²) in [5.74, 6) is -0.0630. The molecule has 0 atom stereocenters. The van der Waals surface area contributed by atoms with Crippen LogP contribution in [0.5, 0.6) is 0 Å². The molecule has 0 spiro atoms. The molecule has 126 valence electrons. The SMILES string of the molecule is O=C(NCc1ccccc1)c1ccccc1-c1n[nH]c2c1CCCC2. The lowest BCUT2D eigenvalue weighted by atomic mass is 9.92. The third-order valence-corrected chi connectivity index (χ3v) is 4.78. The summed E-state index contributed by atoms with van der Waals surface area (Å²) >= 11 is 0. The van der Waals surface area contributed by atoms with E-state index in [-0.39, 0.29) is 5.91 Å². The van der Waals surface area contributed by atoms with Gasteiger partial charge >= 0.3 is 0 Å². The summed E-state index contributed by atoms with van der Waals surface area (Å²) in [5.41, 5.74) is 6.10. The molecular weight excluding hydrogens is 310 g/mol. The lowest BCUT2D eigenvalue weighted by molar-refractivity contribution is 0.0951. The average Bonchev–Trinajstić information content (AvgIpc) is 3.11. The first kappa shape index (κ1) is 15.6. The number of rotatable bonds is 4. The van der Waals surface area contributed by atoms with Gasteiger partial charge in [0.05, 0.1) is 5.69 Å².